The highest BCUT2D eigenvalue weighted by atomic mass is 35.5. The van der Waals surface area contributed by atoms with E-state index in [-0.39, 0.29) is 11.9 Å². The molecule has 0 radical (unpaired) electrons. The maximum absolute atomic E-state index is 12.6. The molecular weight excluding hydrogens is 302 g/mol. The van der Waals surface area contributed by atoms with E-state index >= 15 is 0 Å². The number of hydrogen-bond donors (Lipinski definition) is 2. The summed E-state index contributed by atoms with van der Waals surface area (Å²) in [6, 6.07) is 3.98. The van der Waals surface area contributed by atoms with Crippen LogP contribution in [0.4, 0.5) is 5.69 Å². The van der Waals surface area contributed by atoms with Gasteiger partial charge >= 0.3 is 0 Å². The SMILES string of the molecule is COc1cc(N)c(Cl)cc1C(=O)N[C@@H]1C[C@H]2CC[C@@H]1CN2C. The zero-order chi connectivity index (χ0) is 15.9. The lowest BCUT2D eigenvalue weighted by molar-refractivity contribution is 0.0397. The smallest absolute Gasteiger partial charge is 0.255 e. The number of fused-ring (bicyclic) bond motifs is 3. The Balaban J connectivity index is 1.77. The number of nitrogens with two attached hydrogens (primary N) is 1. The number of carbonyl (C=O) groups excluding carboxylic acids is 1. The normalized spacial score (nSPS) is 27.7. The van der Waals surface area contributed by atoms with Crippen molar-refractivity contribution in [1.82, 2.24) is 10.2 Å². The van der Waals surface area contributed by atoms with Crippen molar-refractivity contribution < 1.29 is 9.53 Å². The van der Waals surface area contributed by atoms with Gasteiger partial charge in [-0.05, 0) is 38.3 Å². The standard InChI is InChI=1S/C16H22ClN3O2/c1-20-8-9-3-4-10(20)5-14(9)19-16(21)11-6-12(17)13(18)7-15(11)22-2/h6-7,9-10,14H,3-5,8,18H2,1-2H3,(H,19,21)/t9-,10-,14-/m1/s1. The first-order valence-electron chi connectivity index (χ1n) is 7.63. The third-order valence-electron chi connectivity index (χ3n) is 4.99. The number of benzene rings is 1. The molecule has 6 heteroatoms. The van der Waals surface area contributed by atoms with Gasteiger partial charge < -0.3 is 20.7 Å². The molecule has 0 aromatic heterocycles. The van der Waals surface area contributed by atoms with Crippen LogP contribution in [0.5, 0.6) is 5.75 Å². The predicted molar refractivity (Wildman–Crippen MR) is 87.4 cm³/mol. The Labute approximate surface area is 135 Å². The zero-order valence-corrected chi connectivity index (χ0v) is 13.7. The second kappa shape index (κ2) is 5.97. The fourth-order valence-electron chi connectivity index (χ4n) is 3.69. The molecule has 1 saturated carbocycles. The Kier molecular flexibility index (Phi) is 4.19. The maximum Gasteiger partial charge on any atom is 0.255 e. The van der Waals surface area contributed by atoms with Gasteiger partial charge in [-0.25, -0.2) is 0 Å². The van der Waals surface area contributed by atoms with Crippen LogP contribution in [0.15, 0.2) is 12.1 Å². The Bertz CT molecular complexity index is 593. The Morgan fingerprint density at radius 3 is 2.82 bits per heavy atom. The number of nitrogens with zero attached hydrogens (tertiary/aromatic N) is 1. The lowest BCUT2D eigenvalue weighted by Gasteiger charge is -2.48. The number of methoxy groups -OCH3 is 1. The van der Waals surface area contributed by atoms with Crippen LogP contribution >= 0.6 is 11.6 Å². The fourth-order valence-corrected chi connectivity index (χ4v) is 3.85. The first-order chi connectivity index (χ1) is 10.5. The Morgan fingerprint density at radius 1 is 1.45 bits per heavy atom. The number of ether oxygens (including phenoxy) is 1. The summed E-state index contributed by atoms with van der Waals surface area (Å²) in [5.74, 6) is 0.839. The summed E-state index contributed by atoms with van der Waals surface area (Å²) >= 11 is 6.04. The van der Waals surface area contributed by atoms with Crippen molar-refractivity contribution in [2.45, 2.75) is 31.3 Å². The summed E-state index contributed by atoms with van der Waals surface area (Å²) in [5, 5.41) is 3.53. The van der Waals surface area contributed by atoms with Gasteiger partial charge in [-0.3, -0.25) is 4.79 Å². The van der Waals surface area contributed by atoms with Crippen LogP contribution in [0.2, 0.25) is 5.02 Å². The van der Waals surface area contributed by atoms with Gasteiger partial charge in [0, 0.05) is 24.7 Å². The summed E-state index contributed by atoms with van der Waals surface area (Å²) in [4.78, 5) is 15.0. The second-order valence-electron chi connectivity index (χ2n) is 6.32. The molecule has 2 aliphatic heterocycles. The zero-order valence-electron chi connectivity index (χ0n) is 12.9. The van der Waals surface area contributed by atoms with Crippen molar-refractivity contribution >= 4 is 23.2 Å². The van der Waals surface area contributed by atoms with Crippen molar-refractivity contribution in [1.29, 1.82) is 0 Å². The molecule has 1 aliphatic carbocycles. The molecule has 3 N–H and O–H groups in total. The summed E-state index contributed by atoms with van der Waals surface area (Å²) < 4.78 is 5.26. The van der Waals surface area contributed by atoms with Gasteiger partial charge in [0.15, 0.2) is 0 Å². The molecule has 4 rings (SSSR count). The molecule has 0 unspecified atom stereocenters. The third kappa shape index (κ3) is 2.75. The highest BCUT2D eigenvalue weighted by molar-refractivity contribution is 6.33. The van der Waals surface area contributed by atoms with Crippen molar-refractivity contribution in [3.05, 3.63) is 22.7 Å². The van der Waals surface area contributed by atoms with Crippen LogP contribution < -0.4 is 15.8 Å². The highest BCUT2D eigenvalue weighted by Crippen LogP contribution is 2.35. The molecule has 5 nitrogen and oxygen atoms in total. The summed E-state index contributed by atoms with van der Waals surface area (Å²) in [7, 11) is 3.69. The molecule has 22 heavy (non-hydrogen) atoms. The third-order valence-corrected chi connectivity index (χ3v) is 5.32. The summed E-state index contributed by atoms with van der Waals surface area (Å²) in [6.45, 7) is 1.05. The van der Waals surface area contributed by atoms with Crippen LogP contribution in [0.25, 0.3) is 0 Å². The highest BCUT2D eigenvalue weighted by Gasteiger charge is 2.39. The van der Waals surface area contributed by atoms with E-state index in [0.717, 1.165) is 13.0 Å². The van der Waals surface area contributed by atoms with Gasteiger partial charge in [-0.15, -0.1) is 0 Å². The van der Waals surface area contributed by atoms with Crippen LogP contribution in [-0.4, -0.2) is 43.6 Å². The number of carbonyl (C=O) groups is 1. The minimum Gasteiger partial charge on any atom is -0.496 e. The van der Waals surface area contributed by atoms with E-state index in [4.69, 9.17) is 22.1 Å². The molecule has 1 aromatic carbocycles. The van der Waals surface area contributed by atoms with Crippen LogP contribution in [-0.2, 0) is 0 Å². The number of hydrogen-bond acceptors (Lipinski definition) is 4. The minimum atomic E-state index is -0.140. The first-order valence-corrected chi connectivity index (χ1v) is 8.01. The van der Waals surface area contributed by atoms with Gasteiger partial charge in [0.05, 0.1) is 23.4 Å². The lowest BCUT2D eigenvalue weighted by atomic mass is 9.76. The quantitative estimate of drug-likeness (QED) is 0.836. The number of nitrogen functional groups attached to an aromatic ring is 1. The molecule has 2 bridgehead atoms. The van der Waals surface area contributed by atoms with Gasteiger partial charge in [0.2, 0.25) is 0 Å². The molecule has 120 valence electrons. The fraction of sp³-hybridized carbons (Fsp3) is 0.562. The summed E-state index contributed by atoms with van der Waals surface area (Å²) in [5.41, 5.74) is 6.62. The van der Waals surface area contributed by atoms with E-state index in [2.05, 4.69) is 17.3 Å². The van der Waals surface area contributed by atoms with Crippen molar-refractivity contribution in [3.8, 4) is 5.75 Å². The molecule has 1 aromatic rings. The van der Waals surface area contributed by atoms with E-state index in [1.54, 1.807) is 12.1 Å². The van der Waals surface area contributed by atoms with E-state index in [1.165, 1.54) is 20.0 Å². The molecular formula is C16H22ClN3O2. The van der Waals surface area contributed by atoms with Gasteiger partial charge in [0.25, 0.3) is 5.91 Å². The molecule has 3 atom stereocenters. The molecule has 0 spiro atoms. The van der Waals surface area contributed by atoms with Crippen molar-refractivity contribution in [3.63, 3.8) is 0 Å². The maximum atomic E-state index is 12.6. The predicted octanol–water partition coefficient (Wildman–Crippen LogP) is 2.14. The first kappa shape index (κ1) is 15.4. The number of nitrogens with one attached hydrogen (secondary N) is 1. The minimum absolute atomic E-state index is 0.140. The topological polar surface area (TPSA) is 67.6 Å². The number of piperidine rings is 2. The molecule has 3 aliphatic rings. The van der Waals surface area contributed by atoms with Gasteiger partial charge in [0.1, 0.15) is 5.75 Å². The number of halogens is 1. The van der Waals surface area contributed by atoms with Crippen molar-refractivity contribution in [2.75, 3.05) is 26.4 Å². The van der Waals surface area contributed by atoms with E-state index < -0.39 is 0 Å². The van der Waals surface area contributed by atoms with Crippen molar-refractivity contribution in [2.24, 2.45) is 5.92 Å². The monoisotopic (exact) mass is 323 g/mol. The van der Waals surface area contributed by atoms with E-state index in [9.17, 15) is 4.79 Å². The van der Waals surface area contributed by atoms with Crippen LogP contribution in [0.1, 0.15) is 29.6 Å². The average Bonchev–Trinajstić information content (AvgIpc) is 2.50. The molecule has 1 amide bonds. The molecule has 2 heterocycles. The lowest BCUT2D eigenvalue weighted by Crippen LogP contribution is -2.57. The van der Waals surface area contributed by atoms with Crippen LogP contribution in [0.3, 0.4) is 0 Å². The van der Waals surface area contributed by atoms with Crippen LogP contribution in [0, 0.1) is 5.92 Å². The Morgan fingerprint density at radius 2 is 2.23 bits per heavy atom. The Hall–Kier alpha value is -1.46. The van der Waals surface area contributed by atoms with Gasteiger partial charge in [-0.1, -0.05) is 11.6 Å². The van der Waals surface area contributed by atoms with E-state index in [1.807, 2.05) is 0 Å². The average molecular weight is 324 g/mol. The van der Waals surface area contributed by atoms with Gasteiger partial charge in [-0.2, -0.15) is 0 Å². The second-order valence-corrected chi connectivity index (χ2v) is 6.73. The molecule has 2 saturated heterocycles. The number of anilines is 1. The number of rotatable bonds is 3. The van der Waals surface area contributed by atoms with E-state index in [0.29, 0.717) is 34.0 Å². The largest absolute Gasteiger partial charge is 0.496 e. The summed E-state index contributed by atoms with van der Waals surface area (Å²) in [6.07, 6.45) is 3.42. The number of amides is 1. The molecule has 3 fully saturated rings.